The number of benzene rings is 2. The molecule has 1 fully saturated rings. The molecule has 4 rings (SSSR count). The number of aromatic nitrogens is 2. The van der Waals surface area contributed by atoms with Gasteiger partial charge in [-0.1, -0.05) is 18.6 Å². The van der Waals surface area contributed by atoms with Crippen molar-refractivity contribution in [1.82, 2.24) is 20.0 Å². The van der Waals surface area contributed by atoms with Crippen LogP contribution in [0.4, 0.5) is 0 Å². The molecule has 1 atom stereocenters. The second kappa shape index (κ2) is 9.59. The Balaban J connectivity index is 1.45. The van der Waals surface area contributed by atoms with Crippen molar-refractivity contribution in [2.24, 2.45) is 0 Å². The summed E-state index contributed by atoms with van der Waals surface area (Å²) in [5, 5.41) is 7.36. The van der Waals surface area contributed by atoms with Crippen LogP contribution in [0.1, 0.15) is 41.2 Å². The monoisotopic (exact) mass is 404 g/mol. The SMILES string of the molecule is COc1ccc([C@H](CNC(=O)c2ccc(-n3cccn3)cc2)N2CCCCC2)cc1. The Morgan fingerprint density at radius 2 is 1.80 bits per heavy atom. The Morgan fingerprint density at radius 3 is 2.43 bits per heavy atom. The van der Waals surface area contributed by atoms with Crippen LogP contribution in [-0.2, 0) is 0 Å². The van der Waals surface area contributed by atoms with Gasteiger partial charge in [-0.05, 0) is 74.0 Å². The summed E-state index contributed by atoms with van der Waals surface area (Å²) in [7, 11) is 1.68. The van der Waals surface area contributed by atoms with E-state index in [9.17, 15) is 4.79 Å². The molecule has 0 spiro atoms. The van der Waals surface area contributed by atoms with E-state index in [4.69, 9.17) is 4.74 Å². The summed E-state index contributed by atoms with van der Waals surface area (Å²) in [4.78, 5) is 15.3. The molecule has 0 bridgehead atoms. The Kier molecular flexibility index (Phi) is 6.44. The predicted octanol–water partition coefficient (Wildman–Crippen LogP) is 3.84. The first kappa shape index (κ1) is 20.2. The van der Waals surface area contributed by atoms with Crippen molar-refractivity contribution in [3.05, 3.63) is 78.1 Å². The molecule has 0 unspecified atom stereocenters. The van der Waals surface area contributed by atoms with E-state index in [-0.39, 0.29) is 11.9 Å². The molecule has 0 radical (unpaired) electrons. The summed E-state index contributed by atoms with van der Waals surface area (Å²) < 4.78 is 7.07. The fourth-order valence-electron chi connectivity index (χ4n) is 3.99. The van der Waals surface area contributed by atoms with Gasteiger partial charge in [0.2, 0.25) is 0 Å². The molecular weight excluding hydrogens is 376 g/mol. The number of likely N-dealkylation sites (tertiary alicyclic amines) is 1. The number of ether oxygens (including phenoxy) is 1. The lowest BCUT2D eigenvalue weighted by Gasteiger charge is -2.35. The molecule has 156 valence electrons. The van der Waals surface area contributed by atoms with Gasteiger partial charge < -0.3 is 10.1 Å². The molecule has 1 amide bonds. The normalized spacial score (nSPS) is 15.5. The van der Waals surface area contributed by atoms with E-state index >= 15 is 0 Å². The molecule has 30 heavy (non-hydrogen) atoms. The number of carbonyl (C=O) groups excluding carboxylic acids is 1. The van der Waals surface area contributed by atoms with Crippen molar-refractivity contribution in [3.8, 4) is 11.4 Å². The maximum absolute atomic E-state index is 12.8. The van der Waals surface area contributed by atoms with E-state index in [2.05, 4.69) is 27.4 Å². The highest BCUT2D eigenvalue weighted by Gasteiger charge is 2.23. The quantitative estimate of drug-likeness (QED) is 0.650. The van der Waals surface area contributed by atoms with Gasteiger partial charge in [0.05, 0.1) is 18.8 Å². The smallest absolute Gasteiger partial charge is 0.251 e. The average Bonchev–Trinajstić information content (AvgIpc) is 3.35. The van der Waals surface area contributed by atoms with E-state index in [1.54, 1.807) is 18.0 Å². The highest BCUT2D eigenvalue weighted by atomic mass is 16.5. The van der Waals surface area contributed by atoms with Gasteiger partial charge in [-0.3, -0.25) is 9.69 Å². The zero-order chi connectivity index (χ0) is 20.8. The van der Waals surface area contributed by atoms with Crippen molar-refractivity contribution >= 4 is 5.91 Å². The first-order chi connectivity index (χ1) is 14.7. The van der Waals surface area contributed by atoms with E-state index in [1.807, 2.05) is 48.7 Å². The summed E-state index contributed by atoms with van der Waals surface area (Å²) in [6.45, 7) is 2.70. The second-order valence-electron chi connectivity index (χ2n) is 7.59. The number of hydrogen-bond donors (Lipinski definition) is 1. The van der Waals surface area contributed by atoms with Crippen LogP contribution < -0.4 is 10.1 Å². The number of nitrogens with one attached hydrogen (secondary N) is 1. The van der Waals surface area contributed by atoms with Crippen molar-refractivity contribution in [2.75, 3.05) is 26.7 Å². The lowest BCUT2D eigenvalue weighted by molar-refractivity contribution is 0.0924. The summed E-state index contributed by atoms with van der Waals surface area (Å²) in [6.07, 6.45) is 7.31. The fourth-order valence-corrected chi connectivity index (χ4v) is 3.99. The maximum atomic E-state index is 12.8. The van der Waals surface area contributed by atoms with Gasteiger partial charge in [0, 0.05) is 24.5 Å². The zero-order valence-corrected chi connectivity index (χ0v) is 17.3. The van der Waals surface area contributed by atoms with Crippen molar-refractivity contribution in [2.45, 2.75) is 25.3 Å². The molecule has 2 aromatic carbocycles. The number of methoxy groups -OCH3 is 1. The molecule has 1 aromatic heterocycles. The highest BCUT2D eigenvalue weighted by molar-refractivity contribution is 5.94. The number of rotatable bonds is 7. The Labute approximate surface area is 177 Å². The van der Waals surface area contributed by atoms with Gasteiger partial charge in [-0.25, -0.2) is 4.68 Å². The minimum absolute atomic E-state index is 0.0578. The van der Waals surface area contributed by atoms with Gasteiger partial charge in [-0.15, -0.1) is 0 Å². The van der Waals surface area contributed by atoms with Crippen LogP contribution in [-0.4, -0.2) is 47.3 Å². The Bertz CT molecular complexity index is 930. The van der Waals surface area contributed by atoms with Crippen molar-refractivity contribution in [1.29, 1.82) is 0 Å². The third-order valence-corrected chi connectivity index (χ3v) is 5.69. The molecule has 0 saturated carbocycles. The number of amides is 1. The largest absolute Gasteiger partial charge is 0.497 e. The van der Waals surface area contributed by atoms with Crippen LogP contribution in [0.2, 0.25) is 0 Å². The van der Waals surface area contributed by atoms with Gasteiger partial charge in [-0.2, -0.15) is 5.10 Å². The minimum Gasteiger partial charge on any atom is -0.497 e. The lowest BCUT2D eigenvalue weighted by atomic mass is 10.0. The van der Waals surface area contributed by atoms with E-state index in [0.29, 0.717) is 12.1 Å². The van der Waals surface area contributed by atoms with E-state index in [0.717, 1.165) is 24.5 Å². The summed E-state index contributed by atoms with van der Waals surface area (Å²) in [5.41, 5.74) is 2.78. The summed E-state index contributed by atoms with van der Waals surface area (Å²) in [5.74, 6) is 0.787. The average molecular weight is 405 g/mol. The predicted molar refractivity (Wildman–Crippen MR) is 117 cm³/mol. The number of piperidine rings is 1. The maximum Gasteiger partial charge on any atom is 0.251 e. The third kappa shape index (κ3) is 4.71. The number of nitrogens with zero attached hydrogens (tertiary/aromatic N) is 3. The van der Waals surface area contributed by atoms with Crippen LogP contribution in [0.3, 0.4) is 0 Å². The van der Waals surface area contributed by atoms with Gasteiger partial charge in [0.1, 0.15) is 5.75 Å². The summed E-state index contributed by atoms with van der Waals surface area (Å²) >= 11 is 0. The molecule has 1 aliphatic heterocycles. The zero-order valence-electron chi connectivity index (χ0n) is 17.3. The van der Waals surface area contributed by atoms with Crippen LogP contribution in [0.25, 0.3) is 5.69 Å². The fraction of sp³-hybridized carbons (Fsp3) is 0.333. The van der Waals surface area contributed by atoms with Crippen molar-refractivity contribution in [3.63, 3.8) is 0 Å². The number of carbonyl (C=O) groups is 1. The first-order valence-electron chi connectivity index (χ1n) is 10.5. The molecule has 0 aliphatic carbocycles. The van der Waals surface area contributed by atoms with Crippen LogP contribution >= 0.6 is 0 Å². The van der Waals surface area contributed by atoms with Crippen LogP contribution in [0.15, 0.2) is 67.0 Å². The minimum atomic E-state index is -0.0578. The van der Waals surface area contributed by atoms with Crippen LogP contribution in [0.5, 0.6) is 5.75 Å². The van der Waals surface area contributed by atoms with Gasteiger partial charge in [0.15, 0.2) is 0 Å². The lowest BCUT2D eigenvalue weighted by Crippen LogP contribution is -2.40. The molecule has 1 aliphatic rings. The molecule has 1 N–H and O–H groups in total. The first-order valence-corrected chi connectivity index (χ1v) is 10.5. The Morgan fingerprint density at radius 1 is 1.07 bits per heavy atom. The summed E-state index contributed by atoms with van der Waals surface area (Å²) in [6, 6.07) is 17.7. The van der Waals surface area contributed by atoms with Crippen LogP contribution in [0, 0.1) is 0 Å². The van der Waals surface area contributed by atoms with Crippen molar-refractivity contribution < 1.29 is 9.53 Å². The molecular formula is C24H28N4O2. The molecule has 6 nitrogen and oxygen atoms in total. The van der Waals surface area contributed by atoms with Gasteiger partial charge in [0.25, 0.3) is 5.91 Å². The topological polar surface area (TPSA) is 59.4 Å². The molecule has 1 saturated heterocycles. The standard InChI is InChI=1S/C24H28N4O2/c1-30-22-12-8-19(9-13-22)23(27-15-3-2-4-16-27)18-25-24(29)20-6-10-21(11-7-20)28-17-5-14-26-28/h5-14,17,23H,2-4,15-16,18H2,1H3,(H,25,29)/t23-/m0/s1. The molecule has 3 aromatic rings. The molecule has 2 heterocycles. The van der Waals surface area contributed by atoms with Gasteiger partial charge >= 0.3 is 0 Å². The third-order valence-electron chi connectivity index (χ3n) is 5.69. The molecule has 6 heteroatoms. The van der Waals surface area contributed by atoms with E-state index in [1.165, 1.54) is 24.8 Å². The second-order valence-corrected chi connectivity index (χ2v) is 7.59. The Hall–Kier alpha value is -3.12. The highest BCUT2D eigenvalue weighted by Crippen LogP contribution is 2.26. The van der Waals surface area contributed by atoms with E-state index < -0.39 is 0 Å². The number of hydrogen-bond acceptors (Lipinski definition) is 4.